The molecule has 0 unspecified atom stereocenters. The maximum Gasteiger partial charge on any atom is 0.318 e. The molecule has 0 saturated heterocycles. The smallest absolute Gasteiger partial charge is 0.318 e. The Morgan fingerprint density at radius 3 is 1.60 bits per heavy atom. The topological polar surface area (TPSA) is 147 Å². The third-order valence-corrected chi connectivity index (χ3v) is 3.80. The predicted octanol–water partition coefficient (Wildman–Crippen LogP) is 1.07. The molecule has 0 radical (unpaired) electrons. The number of rotatable bonds is 6. The largest absolute Gasteiger partial charge is 0.481 e. The van der Waals surface area contributed by atoms with Gasteiger partial charge < -0.3 is 15.9 Å². The number of carbonyl (C=O) groups is 4. The number of nitrogens with two attached hydrogens (primary N) is 1. The number of amides is 3. The summed E-state index contributed by atoms with van der Waals surface area (Å²) in [4.78, 5) is 40.9. The molecule has 20 heavy (non-hydrogen) atoms. The first-order chi connectivity index (χ1) is 9.08. The van der Waals surface area contributed by atoms with E-state index in [1.54, 1.807) is 0 Å². The van der Waals surface area contributed by atoms with Gasteiger partial charge in [0.2, 0.25) is 5.91 Å². The highest BCUT2D eigenvalue weighted by molar-refractivity contribution is 9.10. The molecule has 0 saturated carbocycles. The molecule has 0 aliphatic rings. The van der Waals surface area contributed by atoms with E-state index in [9.17, 15) is 19.2 Å². The molecule has 0 aromatic carbocycles. The van der Waals surface area contributed by atoms with Crippen molar-refractivity contribution >= 4 is 39.8 Å². The molecule has 9 heteroatoms. The summed E-state index contributed by atoms with van der Waals surface area (Å²) in [6, 6.07) is -0.814. The lowest BCUT2D eigenvalue weighted by atomic mass is 10.0. The molecule has 0 aliphatic carbocycles. The summed E-state index contributed by atoms with van der Waals surface area (Å²) in [6.07, 6.45) is 0.635. The van der Waals surface area contributed by atoms with E-state index in [2.05, 4.69) is 15.9 Å². The number of nitrogens with one attached hydrogen (secondary N) is 1. The van der Waals surface area contributed by atoms with E-state index >= 15 is 0 Å². The molecule has 5 N–H and O–H groups in total. The van der Waals surface area contributed by atoms with E-state index in [0.29, 0.717) is 12.8 Å². The number of urea groups is 1. The monoisotopic (exact) mass is 354 g/mol. The normalized spacial score (nSPS) is 9.95. The first-order valence-corrected chi connectivity index (χ1v) is 6.61. The Kier molecular flexibility index (Phi) is 10.5. The molecule has 0 atom stereocenters. The highest BCUT2D eigenvalue weighted by Crippen LogP contribution is 2.26. The van der Waals surface area contributed by atoms with Gasteiger partial charge in [0.1, 0.15) is 4.32 Å². The zero-order chi connectivity index (χ0) is 16.3. The number of primary amides is 1. The molecule has 0 rings (SSSR count). The van der Waals surface area contributed by atoms with Crippen molar-refractivity contribution in [2.75, 3.05) is 0 Å². The second-order valence-electron chi connectivity index (χ2n) is 3.78. The van der Waals surface area contributed by atoms with Crippen molar-refractivity contribution in [3.63, 3.8) is 0 Å². The van der Waals surface area contributed by atoms with Crippen molar-refractivity contribution in [2.45, 2.75) is 43.9 Å². The summed E-state index contributed by atoms with van der Waals surface area (Å²) in [5, 5.41) is 17.8. The molecule has 0 aromatic rings. The molecular formula is C11H19BrN2O6. The lowest BCUT2D eigenvalue weighted by Crippen LogP contribution is -2.46. The van der Waals surface area contributed by atoms with Gasteiger partial charge in [-0.1, -0.05) is 29.8 Å². The molecule has 0 aliphatic heterocycles. The predicted molar refractivity (Wildman–Crippen MR) is 74.5 cm³/mol. The number of imide groups is 1. The van der Waals surface area contributed by atoms with Gasteiger partial charge in [0.15, 0.2) is 0 Å². The van der Waals surface area contributed by atoms with Crippen LogP contribution in [-0.2, 0) is 14.4 Å². The third-order valence-electron chi connectivity index (χ3n) is 2.32. The summed E-state index contributed by atoms with van der Waals surface area (Å²) >= 11 is 3.26. The fourth-order valence-electron chi connectivity index (χ4n) is 1.01. The Bertz CT molecular complexity index is 354. The summed E-state index contributed by atoms with van der Waals surface area (Å²) in [7, 11) is 0. The second-order valence-corrected chi connectivity index (χ2v) is 5.30. The molecule has 0 fully saturated rings. The Morgan fingerprint density at radius 2 is 1.40 bits per heavy atom. The second kappa shape index (κ2) is 10.2. The van der Waals surface area contributed by atoms with E-state index in [4.69, 9.17) is 15.9 Å². The maximum absolute atomic E-state index is 11.3. The van der Waals surface area contributed by atoms with Gasteiger partial charge in [-0.3, -0.25) is 19.7 Å². The lowest BCUT2D eigenvalue weighted by molar-refractivity contribution is -0.143. The van der Waals surface area contributed by atoms with Gasteiger partial charge >= 0.3 is 18.0 Å². The van der Waals surface area contributed by atoms with Gasteiger partial charge in [-0.25, -0.2) is 4.79 Å². The number of hydrogen-bond acceptors (Lipinski definition) is 4. The fourth-order valence-corrected chi connectivity index (χ4v) is 1.11. The molecule has 116 valence electrons. The van der Waals surface area contributed by atoms with Crippen LogP contribution in [0.25, 0.3) is 0 Å². The average Bonchev–Trinajstić information content (AvgIpc) is 2.35. The standard InChI is InChI=1S/C7H13BrN2O2.C4H6O4/c1-3-7(8,4-2)5(11)10-6(9)12;5-3(6)1-2-4(7)8/h3-4H2,1-2H3,(H3,9,10,11,12);1-2H2,(H,5,6)(H,7,8). The third kappa shape index (κ3) is 10.3. The van der Waals surface area contributed by atoms with Crippen LogP contribution in [0.5, 0.6) is 0 Å². The summed E-state index contributed by atoms with van der Waals surface area (Å²) in [6.45, 7) is 3.72. The van der Waals surface area contributed by atoms with E-state index in [1.165, 1.54) is 0 Å². The van der Waals surface area contributed by atoms with Crippen molar-refractivity contribution in [3.05, 3.63) is 0 Å². The van der Waals surface area contributed by atoms with Crippen LogP contribution in [-0.4, -0.2) is 38.4 Å². The number of hydrogen-bond donors (Lipinski definition) is 4. The zero-order valence-corrected chi connectivity index (χ0v) is 12.9. The first kappa shape index (κ1) is 20.7. The van der Waals surface area contributed by atoms with E-state index in [1.807, 2.05) is 19.2 Å². The van der Waals surface area contributed by atoms with Crippen molar-refractivity contribution in [3.8, 4) is 0 Å². The summed E-state index contributed by atoms with van der Waals surface area (Å²) in [5.41, 5.74) is 4.81. The number of aliphatic carboxylic acids is 2. The maximum atomic E-state index is 11.3. The zero-order valence-electron chi connectivity index (χ0n) is 11.3. The molecule has 0 heterocycles. The van der Waals surface area contributed by atoms with Gasteiger partial charge in [0.05, 0.1) is 12.8 Å². The van der Waals surface area contributed by atoms with Gasteiger partial charge in [0.25, 0.3) is 0 Å². The number of carboxylic acid groups (broad SMARTS) is 2. The van der Waals surface area contributed by atoms with Crippen LogP contribution >= 0.6 is 15.9 Å². The number of carboxylic acids is 2. The SMILES string of the molecule is CCC(Br)(CC)C(=O)NC(N)=O.O=C(O)CCC(=O)O. The van der Waals surface area contributed by atoms with Gasteiger partial charge in [-0.15, -0.1) is 0 Å². The van der Waals surface area contributed by atoms with Crippen LogP contribution < -0.4 is 11.1 Å². The Labute approximate surface area is 124 Å². The molecular weight excluding hydrogens is 336 g/mol. The van der Waals surface area contributed by atoms with Gasteiger partial charge in [-0.05, 0) is 12.8 Å². The molecule has 8 nitrogen and oxygen atoms in total. The molecule has 3 amide bonds. The van der Waals surface area contributed by atoms with Crippen molar-refractivity contribution in [1.29, 1.82) is 0 Å². The number of carbonyl (C=O) groups excluding carboxylic acids is 2. The van der Waals surface area contributed by atoms with Crippen LogP contribution in [0.3, 0.4) is 0 Å². The first-order valence-electron chi connectivity index (χ1n) is 5.82. The van der Waals surface area contributed by atoms with Crippen LogP contribution in [0.15, 0.2) is 0 Å². The van der Waals surface area contributed by atoms with Gasteiger partial charge in [-0.2, -0.15) is 0 Å². The average molecular weight is 355 g/mol. The van der Waals surface area contributed by atoms with Crippen LogP contribution in [0, 0.1) is 0 Å². The van der Waals surface area contributed by atoms with E-state index in [-0.39, 0.29) is 18.7 Å². The summed E-state index contributed by atoms with van der Waals surface area (Å²) < 4.78 is -0.665. The lowest BCUT2D eigenvalue weighted by Gasteiger charge is -2.21. The minimum atomic E-state index is -1.08. The Hall–Kier alpha value is -1.64. The molecule has 0 bridgehead atoms. The van der Waals surface area contributed by atoms with E-state index in [0.717, 1.165) is 0 Å². The van der Waals surface area contributed by atoms with Crippen LogP contribution in [0.1, 0.15) is 39.5 Å². The highest BCUT2D eigenvalue weighted by atomic mass is 79.9. The molecule has 0 spiro atoms. The Morgan fingerprint density at radius 1 is 1.05 bits per heavy atom. The van der Waals surface area contributed by atoms with Gasteiger partial charge in [0, 0.05) is 0 Å². The quantitative estimate of drug-likeness (QED) is 0.524. The summed E-state index contributed by atoms with van der Waals surface area (Å²) in [5.74, 6) is -2.53. The van der Waals surface area contributed by atoms with Crippen molar-refractivity contribution in [1.82, 2.24) is 5.32 Å². The molecule has 0 aromatic heterocycles. The van der Waals surface area contributed by atoms with Crippen molar-refractivity contribution in [2.24, 2.45) is 5.73 Å². The van der Waals surface area contributed by atoms with Crippen LogP contribution in [0.4, 0.5) is 4.79 Å². The van der Waals surface area contributed by atoms with Crippen LogP contribution in [0.2, 0.25) is 0 Å². The number of halogens is 1. The minimum Gasteiger partial charge on any atom is -0.481 e. The van der Waals surface area contributed by atoms with Crippen molar-refractivity contribution < 1.29 is 29.4 Å². The van der Waals surface area contributed by atoms with E-state index < -0.39 is 22.3 Å². The minimum absolute atomic E-state index is 0.296. The highest BCUT2D eigenvalue weighted by Gasteiger charge is 2.32. The number of alkyl halides is 1. The fraction of sp³-hybridized carbons (Fsp3) is 0.636. The Balaban J connectivity index is 0.